The molecule has 2 aromatic carbocycles. The Kier molecular flexibility index (Phi) is 3.90. The Labute approximate surface area is 120 Å². The zero-order valence-corrected chi connectivity index (χ0v) is 12.0. The van der Waals surface area contributed by atoms with Gasteiger partial charge in [-0.25, -0.2) is 0 Å². The monoisotopic (exact) mass is 270 g/mol. The van der Waals surface area contributed by atoms with Crippen LogP contribution in [0.15, 0.2) is 36.4 Å². The topological polar surface area (TPSA) is 35.5 Å². The summed E-state index contributed by atoms with van der Waals surface area (Å²) < 4.78 is 0. The quantitative estimate of drug-likeness (QED) is 0.900. The molecule has 0 spiro atoms. The summed E-state index contributed by atoms with van der Waals surface area (Å²) >= 11 is 0. The first-order chi connectivity index (χ1) is 9.78. The van der Waals surface area contributed by atoms with E-state index < -0.39 is 0 Å². The highest BCUT2D eigenvalue weighted by Gasteiger charge is 2.20. The van der Waals surface area contributed by atoms with Crippen molar-refractivity contribution in [3.63, 3.8) is 0 Å². The lowest BCUT2D eigenvalue weighted by atomic mass is 9.98. The number of aromatic hydroxyl groups is 1. The zero-order chi connectivity index (χ0) is 13.9. The Morgan fingerprint density at radius 3 is 2.55 bits per heavy atom. The predicted octanol–water partition coefficient (Wildman–Crippen LogP) is 2.90. The average Bonchev–Trinajstić information content (AvgIpc) is 2.49. The number of hydrogen-bond acceptors (Lipinski definition) is 3. The Morgan fingerprint density at radius 2 is 1.80 bits per heavy atom. The second-order valence-corrected chi connectivity index (χ2v) is 5.50. The molecule has 1 aliphatic rings. The van der Waals surface area contributed by atoms with Crippen LogP contribution in [0.25, 0.3) is 10.8 Å². The summed E-state index contributed by atoms with van der Waals surface area (Å²) in [4.78, 5) is 2.57. The van der Waals surface area contributed by atoms with Crippen LogP contribution in [0.5, 0.6) is 5.75 Å². The first-order valence-electron chi connectivity index (χ1n) is 7.45. The maximum Gasteiger partial charge on any atom is 0.116 e. The van der Waals surface area contributed by atoms with Gasteiger partial charge in [-0.3, -0.25) is 4.90 Å². The largest absolute Gasteiger partial charge is 0.508 e. The normalized spacial score (nSPS) is 18.2. The molecule has 106 valence electrons. The summed E-state index contributed by atoms with van der Waals surface area (Å²) in [6.07, 6.45) is 1.13. The second-order valence-electron chi connectivity index (χ2n) is 5.50. The van der Waals surface area contributed by atoms with Crippen molar-refractivity contribution in [3.8, 4) is 5.75 Å². The first kappa shape index (κ1) is 13.4. The molecule has 1 saturated heterocycles. The van der Waals surface area contributed by atoms with E-state index in [0.29, 0.717) is 11.8 Å². The van der Waals surface area contributed by atoms with Gasteiger partial charge >= 0.3 is 0 Å². The molecule has 0 aromatic heterocycles. The molecule has 2 N–H and O–H groups in total. The maximum absolute atomic E-state index is 9.54. The first-order valence-corrected chi connectivity index (χ1v) is 7.45. The fraction of sp³-hybridized carbons (Fsp3) is 0.412. The molecule has 0 bridgehead atoms. The third-order valence-electron chi connectivity index (χ3n) is 4.21. The summed E-state index contributed by atoms with van der Waals surface area (Å²) in [6.45, 7) is 6.65. The van der Waals surface area contributed by atoms with E-state index in [0.717, 1.165) is 38.0 Å². The lowest BCUT2D eigenvalue weighted by Crippen LogP contribution is -2.45. The number of hydrogen-bond donors (Lipinski definition) is 2. The van der Waals surface area contributed by atoms with Crippen molar-refractivity contribution in [1.29, 1.82) is 0 Å². The summed E-state index contributed by atoms with van der Waals surface area (Å²) in [5.41, 5.74) is 1.38. The lowest BCUT2D eigenvalue weighted by molar-refractivity contribution is 0.169. The molecule has 3 rings (SSSR count). The minimum Gasteiger partial charge on any atom is -0.508 e. The van der Waals surface area contributed by atoms with Gasteiger partial charge in [-0.1, -0.05) is 25.1 Å². The summed E-state index contributed by atoms with van der Waals surface area (Å²) in [7, 11) is 0. The van der Waals surface area contributed by atoms with Crippen LogP contribution >= 0.6 is 0 Å². The third-order valence-corrected chi connectivity index (χ3v) is 4.21. The lowest BCUT2D eigenvalue weighted by Gasteiger charge is -2.34. The Balaban J connectivity index is 1.92. The Hall–Kier alpha value is -1.58. The molecule has 0 radical (unpaired) electrons. The summed E-state index contributed by atoms with van der Waals surface area (Å²) in [5.74, 6) is 0.333. The zero-order valence-electron chi connectivity index (χ0n) is 12.0. The SMILES string of the molecule is CC[C@@H](c1ccc2cc(O)ccc2c1)N1CCNCC1. The molecule has 3 heteroatoms. The smallest absolute Gasteiger partial charge is 0.116 e. The molecule has 20 heavy (non-hydrogen) atoms. The summed E-state index contributed by atoms with van der Waals surface area (Å²) in [5, 5.41) is 15.3. The van der Waals surface area contributed by atoms with Crippen molar-refractivity contribution in [2.24, 2.45) is 0 Å². The minimum absolute atomic E-state index is 0.333. The molecule has 0 saturated carbocycles. The van der Waals surface area contributed by atoms with Crippen molar-refractivity contribution in [3.05, 3.63) is 42.0 Å². The molecule has 1 heterocycles. The maximum atomic E-state index is 9.54. The van der Waals surface area contributed by atoms with E-state index in [2.05, 4.69) is 35.3 Å². The predicted molar refractivity (Wildman–Crippen MR) is 83.1 cm³/mol. The number of rotatable bonds is 3. The van der Waals surface area contributed by atoms with Crippen LogP contribution in [0.2, 0.25) is 0 Å². The fourth-order valence-corrected chi connectivity index (χ4v) is 3.16. The number of phenols is 1. The Bertz CT molecular complexity index is 591. The van der Waals surface area contributed by atoms with Gasteiger partial charge in [0.15, 0.2) is 0 Å². The molecule has 0 amide bonds. The van der Waals surface area contributed by atoms with Crippen molar-refractivity contribution >= 4 is 10.8 Å². The van der Waals surface area contributed by atoms with E-state index in [1.54, 1.807) is 6.07 Å². The van der Waals surface area contributed by atoms with Crippen molar-refractivity contribution in [1.82, 2.24) is 10.2 Å². The molecule has 2 aromatic rings. The molecule has 0 unspecified atom stereocenters. The van der Waals surface area contributed by atoms with Crippen LogP contribution in [0.3, 0.4) is 0 Å². The standard InChI is InChI=1S/C17H22N2O/c1-2-17(19-9-7-18-8-10-19)15-4-3-14-12-16(20)6-5-13(14)11-15/h3-6,11-12,17-18,20H,2,7-10H2,1H3/t17-/m0/s1. The minimum atomic E-state index is 0.333. The van der Waals surface area contributed by atoms with Gasteiger partial charge in [0.2, 0.25) is 0 Å². The molecular formula is C17H22N2O. The molecule has 3 nitrogen and oxygen atoms in total. The van der Waals surface area contributed by atoms with E-state index in [1.165, 1.54) is 10.9 Å². The van der Waals surface area contributed by atoms with Crippen molar-refractivity contribution in [2.45, 2.75) is 19.4 Å². The van der Waals surface area contributed by atoms with Gasteiger partial charge in [0, 0.05) is 32.2 Å². The number of benzene rings is 2. The highest BCUT2D eigenvalue weighted by molar-refractivity contribution is 5.84. The number of nitrogens with one attached hydrogen (secondary N) is 1. The van der Waals surface area contributed by atoms with E-state index in [-0.39, 0.29) is 0 Å². The third kappa shape index (κ3) is 2.65. The molecular weight excluding hydrogens is 248 g/mol. The van der Waals surface area contributed by atoms with E-state index in [1.807, 2.05) is 12.1 Å². The second kappa shape index (κ2) is 5.81. The van der Waals surface area contributed by atoms with Gasteiger partial charge in [0.05, 0.1) is 0 Å². The van der Waals surface area contributed by atoms with Crippen LogP contribution < -0.4 is 5.32 Å². The van der Waals surface area contributed by atoms with Gasteiger partial charge in [0.25, 0.3) is 0 Å². The van der Waals surface area contributed by atoms with Crippen LogP contribution in [-0.4, -0.2) is 36.2 Å². The number of phenolic OH excluding ortho intramolecular Hbond substituents is 1. The van der Waals surface area contributed by atoms with Crippen LogP contribution in [0, 0.1) is 0 Å². The fourth-order valence-electron chi connectivity index (χ4n) is 3.16. The summed E-state index contributed by atoms with van der Waals surface area (Å²) in [6, 6.07) is 12.7. The highest BCUT2D eigenvalue weighted by Crippen LogP contribution is 2.28. The van der Waals surface area contributed by atoms with Gasteiger partial charge in [-0.05, 0) is 41.0 Å². The number of fused-ring (bicyclic) bond motifs is 1. The van der Waals surface area contributed by atoms with Gasteiger partial charge < -0.3 is 10.4 Å². The van der Waals surface area contributed by atoms with Crippen molar-refractivity contribution in [2.75, 3.05) is 26.2 Å². The van der Waals surface area contributed by atoms with Crippen molar-refractivity contribution < 1.29 is 5.11 Å². The molecule has 1 atom stereocenters. The average molecular weight is 270 g/mol. The molecule has 1 aliphatic heterocycles. The number of nitrogens with zero attached hydrogens (tertiary/aromatic N) is 1. The van der Waals surface area contributed by atoms with E-state index in [4.69, 9.17) is 0 Å². The van der Waals surface area contributed by atoms with Crippen LogP contribution in [0.1, 0.15) is 24.9 Å². The Morgan fingerprint density at radius 1 is 1.10 bits per heavy atom. The van der Waals surface area contributed by atoms with Gasteiger partial charge in [-0.15, -0.1) is 0 Å². The van der Waals surface area contributed by atoms with Gasteiger partial charge in [-0.2, -0.15) is 0 Å². The van der Waals surface area contributed by atoms with Crippen LogP contribution in [-0.2, 0) is 0 Å². The van der Waals surface area contributed by atoms with E-state index >= 15 is 0 Å². The molecule has 0 aliphatic carbocycles. The highest BCUT2D eigenvalue weighted by atomic mass is 16.3. The van der Waals surface area contributed by atoms with Crippen LogP contribution in [0.4, 0.5) is 0 Å². The van der Waals surface area contributed by atoms with E-state index in [9.17, 15) is 5.11 Å². The van der Waals surface area contributed by atoms with Gasteiger partial charge in [0.1, 0.15) is 5.75 Å². The molecule has 1 fully saturated rings. The number of piperazine rings is 1.